The van der Waals surface area contributed by atoms with Gasteiger partial charge in [0.1, 0.15) is 11.4 Å². The molecule has 3 atom stereocenters. The third-order valence-corrected chi connectivity index (χ3v) is 4.56. The van der Waals surface area contributed by atoms with Gasteiger partial charge in [-0.25, -0.2) is 0 Å². The van der Waals surface area contributed by atoms with Crippen molar-refractivity contribution in [2.24, 2.45) is 11.7 Å². The van der Waals surface area contributed by atoms with Crippen LogP contribution in [0.15, 0.2) is 18.2 Å². The van der Waals surface area contributed by atoms with Crippen LogP contribution in [0.5, 0.6) is 5.75 Å². The minimum atomic E-state index is -0.106. The largest absolute Gasteiger partial charge is 0.486 e. The van der Waals surface area contributed by atoms with Gasteiger partial charge in [-0.05, 0) is 31.2 Å². The lowest BCUT2D eigenvalue weighted by Crippen LogP contribution is -2.55. The van der Waals surface area contributed by atoms with Gasteiger partial charge >= 0.3 is 0 Å². The van der Waals surface area contributed by atoms with Crippen LogP contribution in [0.25, 0.3) is 0 Å². The lowest BCUT2D eigenvalue weighted by molar-refractivity contribution is -0.0335. The van der Waals surface area contributed by atoms with Gasteiger partial charge in [0.2, 0.25) is 0 Å². The summed E-state index contributed by atoms with van der Waals surface area (Å²) in [5, 5.41) is 4.14. The fraction of sp³-hybridized carbons (Fsp3) is 0.571. The van der Waals surface area contributed by atoms with Crippen LogP contribution in [-0.4, -0.2) is 18.7 Å². The molecular weight excluding hydrogens is 248 g/mol. The van der Waals surface area contributed by atoms with Crippen molar-refractivity contribution in [1.82, 2.24) is 5.32 Å². The van der Waals surface area contributed by atoms with Gasteiger partial charge in [-0.2, -0.15) is 0 Å². The Labute approximate surface area is 113 Å². The molecule has 1 aromatic rings. The van der Waals surface area contributed by atoms with E-state index in [9.17, 15) is 0 Å². The molecular formula is C14H19ClN2O. The van der Waals surface area contributed by atoms with Crippen molar-refractivity contribution in [1.29, 1.82) is 0 Å². The Hall–Kier alpha value is -0.770. The molecule has 98 valence electrons. The number of rotatable bonds is 0. The maximum absolute atomic E-state index is 6.32. The number of hydrogen-bond acceptors (Lipinski definition) is 3. The summed E-state index contributed by atoms with van der Waals surface area (Å²) in [5.74, 6) is 1.38. The fourth-order valence-corrected chi connectivity index (χ4v) is 3.33. The molecule has 0 bridgehead atoms. The monoisotopic (exact) mass is 266 g/mol. The van der Waals surface area contributed by atoms with Crippen LogP contribution in [0.3, 0.4) is 0 Å². The fourth-order valence-electron chi connectivity index (χ4n) is 3.15. The molecule has 0 radical (unpaired) electrons. The molecule has 4 heteroatoms. The molecule has 3 N–H and O–H groups in total. The van der Waals surface area contributed by atoms with Gasteiger partial charge < -0.3 is 15.8 Å². The highest BCUT2D eigenvalue weighted by atomic mass is 35.5. The molecule has 0 saturated carbocycles. The molecule has 3 unspecified atom stereocenters. The zero-order valence-corrected chi connectivity index (χ0v) is 11.3. The Kier molecular flexibility index (Phi) is 3.00. The van der Waals surface area contributed by atoms with Crippen LogP contribution in [-0.2, 0) is 0 Å². The first-order valence-corrected chi connectivity index (χ1v) is 6.93. The van der Waals surface area contributed by atoms with Gasteiger partial charge in [0.15, 0.2) is 0 Å². The number of fused-ring (bicyclic) bond motifs is 1. The predicted molar refractivity (Wildman–Crippen MR) is 73.0 cm³/mol. The Morgan fingerprint density at radius 1 is 1.50 bits per heavy atom. The van der Waals surface area contributed by atoms with E-state index in [1.165, 1.54) is 0 Å². The number of benzene rings is 1. The topological polar surface area (TPSA) is 47.3 Å². The van der Waals surface area contributed by atoms with Crippen LogP contribution in [0.1, 0.15) is 31.4 Å². The maximum Gasteiger partial charge on any atom is 0.125 e. The van der Waals surface area contributed by atoms with Crippen molar-refractivity contribution in [3.63, 3.8) is 0 Å². The highest BCUT2D eigenvalue weighted by Gasteiger charge is 2.45. The summed E-state index contributed by atoms with van der Waals surface area (Å²) in [4.78, 5) is 0. The molecule has 1 saturated heterocycles. The molecule has 2 aliphatic rings. The SMILES string of the molecule is CC1CNCCC12CC(N)c1cc(Cl)ccc1O2. The van der Waals surface area contributed by atoms with Crippen molar-refractivity contribution >= 4 is 11.6 Å². The zero-order chi connectivity index (χ0) is 12.8. The number of ether oxygens (including phenoxy) is 1. The summed E-state index contributed by atoms with van der Waals surface area (Å²) in [7, 11) is 0. The van der Waals surface area contributed by atoms with Crippen molar-refractivity contribution < 1.29 is 4.74 Å². The van der Waals surface area contributed by atoms with Crippen LogP contribution in [0.2, 0.25) is 5.02 Å². The summed E-state index contributed by atoms with van der Waals surface area (Å²) >= 11 is 6.03. The average molecular weight is 267 g/mol. The summed E-state index contributed by atoms with van der Waals surface area (Å²) in [6.07, 6.45) is 1.90. The summed E-state index contributed by atoms with van der Waals surface area (Å²) in [5.41, 5.74) is 7.26. The van der Waals surface area contributed by atoms with E-state index in [0.717, 1.165) is 42.3 Å². The highest BCUT2D eigenvalue weighted by Crippen LogP contribution is 2.45. The Balaban J connectivity index is 1.98. The standard InChI is InChI=1S/C14H19ClN2O/c1-9-8-17-5-4-14(9)7-12(16)11-6-10(15)2-3-13(11)18-14/h2-3,6,9,12,17H,4-5,7-8,16H2,1H3. The van der Waals surface area contributed by atoms with E-state index in [1.807, 2.05) is 18.2 Å². The van der Waals surface area contributed by atoms with Crippen LogP contribution >= 0.6 is 11.6 Å². The number of piperidine rings is 1. The van der Waals surface area contributed by atoms with E-state index in [0.29, 0.717) is 5.92 Å². The molecule has 1 aromatic carbocycles. The number of hydrogen-bond donors (Lipinski definition) is 2. The molecule has 0 amide bonds. The molecule has 0 aliphatic carbocycles. The molecule has 2 aliphatic heterocycles. The summed E-state index contributed by atoms with van der Waals surface area (Å²) in [6.45, 7) is 4.23. The lowest BCUT2D eigenvalue weighted by Gasteiger charge is -2.47. The third kappa shape index (κ3) is 1.91. The van der Waals surface area contributed by atoms with E-state index < -0.39 is 0 Å². The highest BCUT2D eigenvalue weighted by molar-refractivity contribution is 6.30. The average Bonchev–Trinajstić information content (AvgIpc) is 2.34. The first-order chi connectivity index (χ1) is 8.61. The normalized spacial score (nSPS) is 35.1. The van der Waals surface area contributed by atoms with Crippen molar-refractivity contribution in [2.75, 3.05) is 13.1 Å². The Bertz CT molecular complexity index is 465. The number of nitrogens with two attached hydrogens (primary N) is 1. The second-order valence-corrected chi connectivity index (χ2v) is 5.95. The summed E-state index contributed by atoms with van der Waals surface area (Å²) in [6, 6.07) is 5.78. The Morgan fingerprint density at radius 3 is 3.11 bits per heavy atom. The van der Waals surface area contributed by atoms with E-state index in [-0.39, 0.29) is 11.6 Å². The van der Waals surface area contributed by atoms with Gasteiger partial charge in [-0.15, -0.1) is 0 Å². The molecule has 18 heavy (non-hydrogen) atoms. The molecule has 1 fully saturated rings. The van der Waals surface area contributed by atoms with Gasteiger partial charge in [-0.1, -0.05) is 18.5 Å². The smallest absolute Gasteiger partial charge is 0.125 e. The lowest BCUT2D eigenvalue weighted by atomic mass is 9.75. The van der Waals surface area contributed by atoms with E-state index in [4.69, 9.17) is 22.1 Å². The van der Waals surface area contributed by atoms with Crippen molar-refractivity contribution in [2.45, 2.75) is 31.4 Å². The first kappa shape index (κ1) is 12.3. The summed E-state index contributed by atoms with van der Waals surface area (Å²) < 4.78 is 6.32. The van der Waals surface area contributed by atoms with Gasteiger partial charge in [0.25, 0.3) is 0 Å². The van der Waals surface area contributed by atoms with E-state index in [1.54, 1.807) is 0 Å². The Morgan fingerprint density at radius 2 is 2.33 bits per heavy atom. The molecule has 3 rings (SSSR count). The molecule has 2 heterocycles. The van der Waals surface area contributed by atoms with Crippen LogP contribution in [0, 0.1) is 5.92 Å². The minimum Gasteiger partial charge on any atom is -0.486 e. The molecule has 1 spiro atoms. The second kappa shape index (κ2) is 4.41. The van der Waals surface area contributed by atoms with Crippen molar-refractivity contribution in [3.8, 4) is 5.75 Å². The third-order valence-electron chi connectivity index (χ3n) is 4.32. The van der Waals surface area contributed by atoms with Gasteiger partial charge in [0, 0.05) is 35.5 Å². The minimum absolute atomic E-state index is 0.0213. The van der Waals surface area contributed by atoms with Gasteiger partial charge in [0.05, 0.1) is 0 Å². The number of nitrogens with one attached hydrogen (secondary N) is 1. The maximum atomic E-state index is 6.32. The first-order valence-electron chi connectivity index (χ1n) is 6.55. The second-order valence-electron chi connectivity index (χ2n) is 5.51. The zero-order valence-electron chi connectivity index (χ0n) is 10.6. The predicted octanol–water partition coefficient (Wildman–Crippen LogP) is 2.49. The van der Waals surface area contributed by atoms with Crippen LogP contribution < -0.4 is 15.8 Å². The molecule has 0 aromatic heterocycles. The molecule has 3 nitrogen and oxygen atoms in total. The number of halogens is 1. The van der Waals surface area contributed by atoms with Crippen LogP contribution in [0.4, 0.5) is 0 Å². The van der Waals surface area contributed by atoms with Gasteiger partial charge in [-0.3, -0.25) is 0 Å². The van der Waals surface area contributed by atoms with Crippen molar-refractivity contribution in [3.05, 3.63) is 28.8 Å². The van der Waals surface area contributed by atoms with E-state index in [2.05, 4.69) is 12.2 Å². The quantitative estimate of drug-likeness (QED) is 0.759. The van der Waals surface area contributed by atoms with E-state index >= 15 is 0 Å².